The van der Waals surface area contributed by atoms with Crippen LogP contribution in [0.5, 0.6) is 0 Å². The van der Waals surface area contributed by atoms with Gasteiger partial charge in [0, 0.05) is 24.1 Å². The Morgan fingerprint density at radius 3 is 2.40 bits per heavy atom. The van der Waals surface area contributed by atoms with Gasteiger partial charge in [-0.2, -0.15) is 0 Å². The van der Waals surface area contributed by atoms with Crippen LogP contribution >= 0.6 is 31.9 Å². The second-order valence-electron chi connectivity index (χ2n) is 1.76. The Labute approximate surface area is 76.3 Å². The minimum absolute atomic E-state index is 0.875. The Balaban J connectivity index is 2.69. The Morgan fingerprint density at radius 2 is 1.90 bits per heavy atom. The fourth-order valence-corrected chi connectivity index (χ4v) is 1.11. The molecule has 0 radical (unpaired) electrons. The zero-order valence-electron chi connectivity index (χ0n) is 5.22. The van der Waals surface area contributed by atoms with Crippen molar-refractivity contribution in [3.8, 4) is 0 Å². The van der Waals surface area contributed by atoms with Crippen LogP contribution in [0.15, 0.2) is 16.9 Å². The van der Waals surface area contributed by atoms with E-state index in [-0.39, 0.29) is 0 Å². The second kappa shape index (κ2) is 4.03. The molecule has 0 amide bonds. The van der Waals surface area contributed by atoms with Gasteiger partial charge in [-0.25, -0.2) is 9.97 Å². The first-order valence-electron chi connectivity index (χ1n) is 2.85. The van der Waals surface area contributed by atoms with Crippen molar-refractivity contribution in [2.75, 3.05) is 5.33 Å². The molecule has 4 heteroatoms. The van der Waals surface area contributed by atoms with Crippen molar-refractivity contribution >= 4 is 31.9 Å². The highest BCUT2D eigenvalue weighted by Gasteiger charge is 1.92. The van der Waals surface area contributed by atoms with Crippen LogP contribution < -0.4 is 0 Å². The summed E-state index contributed by atoms with van der Waals surface area (Å²) in [4.78, 5) is 8.16. The first-order chi connectivity index (χ1) is 4.83. The van der Waals surface area contributed by atoms with Crippen LogP contribution in [0, 0.1) is 0 Å². The summed E-state index contributed by atoms with van der Waals surface area (Å²) in [5.41, 5.74) is 0. The molecule has 1 aromatic heterocycles. The monoisotopic (exact) mass is 264 g/mol. The van der Waals surface area contributed by atoms with Crippen LogP contribution in [0.4, 0.5) is 0 Å². The van der Waals surface area contributed by atoms with Crippen molar-refractivity contribution in [1.82, 2.24) is 9.97 Å². The highest BCUT2D eigenvalue weighted by Crippen LogP contribution is 2.04. The third-order valence-corrected chi connectivity index (χ3v) is 1.80. The van der Waals surface area contributed by atoms with Crippen LogP contribution in [-0.4, -0.2) is 15.3 Å². The lowest BCUT2D eigenvalue weighted by molar-refractivity contribution is 0.945. The lowest BCUT2D eigenvalue weighted by atomic mass is 10.4. The van der Waals surface area contributed by atoms with Crippen LogP contribution in [0.2, 0.25) is 0 Å². The molecule has 0 N–H and O–H groups in total. The number of halogens is 2. The Kier molecular flexibility index (Phi) is 3.28. The van der Waals surface area contributed by atoms with Gasteiger partial charge < -0.3 is 0 Å². The summed E-state index contributed by atoms with van der Waals surface area (Å²) in [6.45, 7) is 0. The minimum atomic E-state index is 0.875. The maximum absolute atomic E-state index is 4.08. The quantitative estimate of drug-likeness (QED) is 0.766. The smallest absolute Gasteiger partial charge is 0.129 e. The van der Waals surface area contributed by atoms with Gasteiger partial charge in [-0.1, -0.05) is 15.9 Å². The molecule has 0 saturated heterocycles. The summed E-state index contributed by atoms with van der Waals surface area (Å²) in [5.74, 6) is 0.875. The molecule has 0 aliphatic carbocycles. The molecule has 0 bridgehead atoms. The molecule has 1 rings (SSSR count). The van der Waals surface area contributed by atoms with Gasteiger partial charge in [0.2, 0.25) is 0 Å². The van der Waals surface area contributed by atoms with Crippen LogP contribution in [0.1, 0.15) is 5.82 Å². The molecule has 0 aliphatic heterocycles. The first kappa shape index (κ1) is 8.14. The van der Waals surface area contributed by atoms with Gasteiger partial charge in [0.25, 0.3) is 0 Å². The number of hydrogen-bond donors (Lipinski definition) is 0. The fourth-order valence-electron chi connectivity index (χ4n) is 0.553. The largest absolute Gasteiger partial charge is 0.240 e. The number of alkyl halides is 1. The van der Waals surface area contributed by atoms with E-state index in [2.05, 4.69) is 41.8 Å². The molecule has 0 spiro atoms. The molecule has 0 aliphatic rings. The maximum atomic E-state index is 4.08. The summed E-state index contributed by atoms with van der Waals surface area (Å²) in [6, 6.07) is 0. The summed E-state index contributed by atoms with van der Waals surface area (Å²) in [7, 11) is 0. The van der Waals surface area contributed by atoms with E-state index in [1.165, 1.54) is 0 Å². The molecule has 1 aromatic rings. The lowest BCUT2D eigenvalue weighted by Crippen LogP contribution is -1.93. The van der Waals surface area contributed by atoms with Gasteiger partial charge in [-0.3, -0.25) is 0 Å². The van der Waals surface area contributed by atoms with Gasteiger partial charge in [0.15, 0.2) is 0 Å². The SMILES string of the molecule is BrCCc1ncc(Br)cn1. The van der Waals surface area contributed by atoms with Crippen LogP contribution in [-0.2, 0) is 6.42 Å². The number of nitrogens with zero attached hydrogens (tertiary/aromatic N) is 2. The number of aromatic nitrogens is 2. The predicted molar refractivity (Wildman–Crippen MR) is 47.2 cm³/mol. The minimum Gasteiger partial charge on any atom is -0.240 e. The molecule has 0 fully saturated rings. The summed E-state index contributed by atoms with van der Waals surface area (Å²) < 4.78 is 0.922. The van der Waals surface area contributed by atoms with Crippen LogP contribution in [0.3, 0.4) is 0 Å². The Morgan fingerprint density at radius 1 is 1.30 bits per heavy atom. The van der Waals surface area contributed by atoms with Crippen molar-refractivity contribution in [1.29, 1.82) is 0 Å². The molecule has 54 valence electrons. The summed E-state index contributed by atoms with van der Waals surface area (Å²) in [5, 5.41) is 0.911. The highest BCUT2D eigenvalue weighted by atomic mass is 79.9. The molecule has 1 heterocycles. The van der Waals surface area contributed by atoms with Crippen molar-refractivity contribution in [2.24, 2.45) is 0 Å². The third kappa shape index (κ3) is 2.34. The predicted octanol–water partition coefficient (Wildman–Crippen LogP) is 2.18. The van der Waals surface area contributed by atoms with E-state index in [1.807, 2.05) is 0 Å². The second-order valence-corrected chi connectivity index (χ2v) is 3.47. The average Bonchev–Trinajstić information content (AvgIpc) is 1.95. The molecular formula is C6H6Br2N2. The first-order valence-corrected chi connectivity index (χ1v) is 4.77. The molecule has 0 saturated carbocycles. The number of rotatable bonds is 2. The van der Waals surface area contributed by atoms with E-state index in [4.69, 9.17) is 0 Å². The van der Waals surface area contributed by atoms with E-state index in [0.29, 0.717) is 0 Å². The number of hydrogen-bond acceptors (Lipinski definition) is 2. The van der Waals surface area contributed by atoms with E-state index >= 15 is 0 Å². The Bertz CT molecular complexity index is 197. The zero-order chi connectivity index (χ0) is 7.40. The third-order valence-electron chi connectivity index (χ3n) is 0.992. The molecule has 2 nitrogen and oxygen atoms in total. The molecular weight excluding hydrogens is 260 g/mol. The zero-order valence-corrected chi connectivity index (χ0v) is 8.39. The molecule has 0 aromatic carbocycles. The highest BCUT2D eigenvalue weighted by molar-refractivity contribution is 9.10. The average molecular weight is 266 g/mol. The summed E-state index contributed by atoms with van der Waals surface area (Å²) >= 11 is 6.57. The van der Waals surface area contributed by atoms with Gasteiger partial charge >= 0.3 is 0 Å². The maximum Gasteiger partial charge on any atom is 0.129 e. The van der Waals surface area contributed by atoms with Crippen molar-refractivity contribution in [3.05, 3.63) is 22.7 Å². The standard InChI is InChI=1S/C6H6Br2N2/c7-2-1-6-9-3-5(8)4-10-6/h3-4H,1-2H2. The fraction of sp³-hybridized carbons (Fsp3) is 0.333. The van der Waals surface area contributed by atoms with Gasteiger partial charge in [-0.15, -0.1) is 0 Å². The van der Waals surface area contributed by atoms with E-state index in [9.17, 15) is 0 Å². The van der Waals surface area contributed by atoms with Crippen molar-refractivity contribution in [2.45, 2.75) is 6.42 Å². The molecule has 10 heavy (non-hydrogen) atoms. The van der Waals surface area contributed by atoms with Crippen molar-refractivity contribution < 1.29 is 0 Å². The normalized spacial score (nSPS) is 9.80. The Hall–Kier alpha value is 0.0400. The van der Waals surface area contributed by atoms with E-state index in [0.717, 1.165) is 22.0 Å². The van der Waals surface area contributed by atoms with Gasteiger partial charge in [0.05, 0.1) is 4.47 Å². The molecule has 0 atom stereocenters. The number of aryl methyl sites for hydroxylation is 1. The van der Waals surface area contributed by atoms with E-state index < -0.39 is 0 Å². The lowest BCUT2D eigenvalue weighted by Gasteiger charge is -1.93. The van der Waals surface area contributed by atoms with Gasteiger partial charge in [0.1, 0.15) is 5.82 Å². The topological polar surface area (TPSA) is 25.8 Å². The molecule has 0 unspecified atom stereocenters. The van der Waals surface area contributed by atoms with E-state index in [1.54, 1.807) is 12.4 Å². The summed E-state index contributed by atoms with van der Waals surface area (Å²) in [6.07, 6.45) is 4.39. The van der Waals surface area contributed by atoms with Gasteiger partial charge in [-0.05, 0) is 15.9 Å². The van der Waals surface area contributed by atoms with Crippen LogP contribution in [0.25, 0.3) is 0 Å². The van der Waals surface area contributed by atoms with Crippen molar-refractivity contribution in [3.63, 3.8) is 0 Å².